The van der Waals surface area contributed by atoms with Crippen LogP contribution in [-0.4, -0.2) is 17.6 Å². The summed E-state index contributed by atoms with van der Waals surface area (Å²) < 4.78 is 13.6. The minimum Gasteiger partial charge on any atom is -0.481 e. The zero-order chi connectivity index (χ0) is 12.2. The van der Waals surface area contributed by atoms with Gasteiger partial charge in [0.25, 0.3) is 0 Å². The summed E-state index contributed by atoms with van der Waals surface area (Å²) in [6.45, 7) is 1.76. The fraction of sp³-hybridized carbons (Fsp3) is 0.417. The first kappa shape index (κ1) is 12.6. The lowest BCUT2D eigenvalue weighted by Gasteiger charge is -2.28. The van der Waals surface area contributed by atoms with Crippen LogP contribution in [0.1, 0.15) is 25.3 Å². The number of carboxylic acids is 1. The van der Waals surface area contributed by atoms with Crippen LogP contribution in [0.3, 0.4) is 0 Å². The van der Waals surface area contributed by atoms with Gasteiger partial charge in [0.05, 0.1) is 0 Å². The second kappa shape index (κ2) is 5.07. The van der Waals surface area contributed by atoms with E-state index in [-0.39, 0.29) is 12.1 Å². The molecule has 0 amide bonds. The molecule has 0 saturated carbocycles. The minimum absolute atomic E-state index is 0.100. The maximum absolute atomic E-state index is 13.6. The molecule has 0 fully saturated rings. The number of nitrogens with two attached hydrogens (primary N) is 1. The van der Waals surface area contributed by atoms with Gasteiger partial charge in [0.15, 0.2) is 0 Å². The molecular weight excluding hydrogens is 209 g/mol. The molecule has 0 aliphatic heterocycles. The highest BCUT2D eigenvalue weighted by atomic mass is 19.1. The average Bonchev–Trinajstić information content (AvgIpc) is 2.26. The number of hydrogen-bond acceptors (Lipinski definition) is 2. The van der Waals surface area contributed by atoms with Gasteiger partial charge in [0, 0.05) is 12.1 Å². The quantitative estimate of drug-likeness (QED) is 0.804. The van der Waals surface area contributed by atoms with Gasteiger partial charge in [-0.05, 0) is 12.5 Å². The zero-order valence-electron chi connectivity index (χ0n) is 9.24. The van der Waals surface area contributed by atoms with E-state index in [0.29, 0.717) is 12.8 Å². The molecule has 0 aliphatic carbocycles. The van der Waals surface area contributed by atoms with Crippen LogP contribution >= 0.6 is 0 Å². The molecule has 0 spiro atoms. The highest BCUT2D eigenvalue weighted by Crippen LogP contribution is 2.30. The minimum atomic E-state index is -1.31. The second-order valence-corrected chi connectivity index (χ2v) is 3.82. The first-order chi connectivity index (χ1) is 7.58. The Kier molecular flexibility index (Phi) is 4.01. The molecule has 0 radical (unpaired) electrons. The number of hydrogen-bond donors (Lipinski definition) is 2. The molecule has 0 bridgehead atoms. The molecule has 1 unspecified atom stereocenters. The van der Waals surface area contributed by atoms with Crippen molar-refractivity contribution in [2.75, 3.05) is 6.54 Å². The Morgan fingerprint density at radius 3 is 2.56 bits per heavy atom. The fourth-order valence-corrected chi connectivity index (χ4v) is 1.93. The summed E-state index contributed by atoms with van der Waals surface area (Å²) in [6.07, 6.45) is 0.970. The summed E-state index contributed by atoms with van der Waals surface area (Å²) in [5.74, 6) is -1.58. The predicted octanol–water partition coefficient (Wildman–Crippen LogP) is 1.91. The van der Waals surface area contributed by atoms with E-state index >= 15 is 0 Å². The fourth-order valence-electron chi connectivity index (χ4n) is 1.93. The molecule has 3 nitrogen and oxygen atoms in total. The predicted molar refractivity (Wildman–Crippen MR) is 59.7 cm³/mol. The van der Waals surface area contributed by atoms with Gasteiger partial charge in [-0.15, -0.1) is 0 Å². The Bertz CT molecular complexity index is 381. The largest absolute Gasteiger partial charge is 0.481 e. The first-order valence-electron chi connectivity index (χ1n) is 5.27. The van der Waals surface area contributed by atoms with E-state index in [1.807, 2.05) is 6.92 Å². The number of aliphatic carboxylic acids is 1. The van der Waals surface area contributed by atoms with Crippen molar-refractivity contribution in [2.24, 2.45) is 5.73 Å². The van der Waals surface area contributed by atoms with Gasteiger partial charge in [-0.25, -0.2) is 4.39 Å². The van der Waals surface area contributed by atoms with Gasteiger partial charge >= 0.3 is 5.97 Å². The monoisotopic (exact) mass is 225 g/mol. The van der Waals surface area contributed by atoms with E-state index < -0.39 is 17.2 Å². The maximum Gasteiger partial charge on any atom is 0.315 e. The average molecular weight is 225 g/mol. The third kappa shape index (κ3) is 2.07. The summed E-state index contributed by atoms with van der Waals surface area (Å²) in [4.78, 5) is 11.3. The summed E-state index contributed by atoms with van der Waals surface area (Å²) in [6, 6.07) is 5.92. The number of rotatable bonds is 5. The molecule has 0 heterocycles. The van der Waals surface area contributed by atoms with E-state index in [4.69, 9.17) is 5.73 Å². The van der Waals surface area contributed by atoms with Crippen LogP contribution in [0.5, 0.6) is 0 Å². The van der Waals surface area contributed by atoms with Gasteiger partial charge in [-0.1, -0.05) is 31.5 Å². The number of benzene rings is 1. The molecule has 3 N–H and O–H groups in total. The smallest absolute Gasteiger partial charge is 0.315 e. The van der Waals surface area contributed by atoms with E-state index in [9.17, 15) is 14.3 Å². The van der Waals surface area contributed by atoms with Crippen LogP contribution in [0.15, 0.2) is 24.3 Å². The number of halogens is 1. The lowest BCUT2D eigenvalue weighted by atomic mass is 9.76. The summed E-state index contributed by atoms with van der Waals surface area (Å²) in [7, 11) is 0. The van der Waals surface area contributed by atoms with Crippen molar-refractivity contribution in [3.8, 4) is 0 Å². The Hall–Kier alpha value is -1.42. The Morgan fingerprint density at radius 1 is 1.50 bits per heavy atom. The van der Waals surface area contributed by atoms with Crippen LogP contribution in [0.2, 0.25) is 0 Å². The normalized spacial score (nSPS) is 14.4. The molecule has 0 aliphatic rings. The second-order valence-electron chi connectivity index (χ2n) is 3.82. The van der Waals surface area contributed by atoms with Crippen LogP contribution in [-0.2, 0) is 10.2 Å². The third-order valence-corrected chi connectivity index (χ3v) is 2.82. The van der Waals surface area contributed by atoms with Crippen LogP contribution < -0.4 is 5.73 Å². The molecule has 16 heavy (non-hydrogen) atoms. The molecule has 1 rings (SSSR count). The maximum atomic E-state index is 13.6. The van der Waals surface area contributed by atoms with Gasteiger partial charge in [-0.2, -0.15) is 0 Å². The molecule has 1 aromatic rings. The van der Waals surface area contributed by atoms with Crippen molar-refractivity contribution in [2.45, 2.75) is 25.2 Å². The molecule has 88 valence electrons. The standard InChI is InChI=1S/C12H16FNO2/c1-2-7-12(8-14,11(15)16)9-5-3-4-6-10(9)13/h3-6H,2,7-8,14H2,1H3,(H,15,16). The summed E-state index contributed by atoms with van der Waals surface area (Å²) in [5.41, 5.74) is 4.42. The number of carboxylic acid groups (broad SMARTS) is 1. The summed E-state index contributed by atoms with van der Waals surface area (Å²) in [5, 5.41) is 9.29. The number of carbonyl (C=O) groups is 1. The van der Waals surface area contributed by atoms with Gasteiger partial charge in [0.1, 0.15) is 11.2 Å². The van der Waals surface area contributed by atoms with Crippen molar-refractivity contribution in [1.82, 2.24) is 0 Å². The molecule has 0 aromatic heterocycles. The van der Waals surface area contributed by atoms with E-state index in [2.05, 4.69) is 0 Å². The Balaban J connectivity index is 3.30. The van der Waals surface area contributed by atoms with Crippen LogP contribution in [0.4, 0.5) is 4.39 Å². The van der Waals surface area contributed by atoms with Crippen molar-refractivity contribution < 1.29 is 14.3 Å². The van der Waals surface area contributed by atoms with Crippen molar-refractivity contribution in [1.29, 1.82) is 0 Å². The van der Waals surface area contributed by atoms with E-state index in [1.165, 1.54) is 18.2 Å². The van der Waals surface area contributed by atoms with Crippen molar-refractivity contribution in [3.05, 3.63) is 35.6 Å². The van der Waals surface area contributed by atoms with Crippen LogP contribution in [0.25, 0.3) is 0 Å². The first-order valence-corrected chi connectivity index (χ1v) is 5.27. The topological polar surface area (TPSA) is 63.3 Å². The third-order valence-electron chi connectivity index (χ3n) is 2.82. The van der Waals surface area contributed by atoms with Gasteiger partial charge < -0.3 is 10.8 Å². The highest BCUT2D eigenvalue weighted by Gasteiger charge is 2.40. The Labute approximate surface area is 94.1 Å². The van der Waals surface area contributed by atoms with Crippen molar-refractivity contribution in [3.63, 3.8) is 0 Å². The highest BCUT2D eigenvalue weighted by molar-refractivity contribution is 5.81. The molecule has 0 saturated heterocycles. The lowest BCUT2D eigenvalue weighted by Crippen LogP contribution is -2.43. The SMILES string of the molecule is CCCC(CN)(C(=O)O)c1ccccc1F. The zero-order valence-corrected chi connectivity index (χ0v) is 9.24. The molecule has 4 heteroatoms. The lowest BCUT2D eigenvalue weighted by molar-refractivity contribution is -0.144. The molecule has 1 aromatic carbocycles. The summed E-state index contributed by atoms with van der Waals surface area (Å²) >= 11 is 0. The van der Waals surface area contributed by atoms with Gasteiger partial charge in [0.2, 0.25) is 0 Å². The van der Waals surface area contributed by atoms with E-state index in [0.717, 1.165) is 0 Å². The van der Waals surface area contributed by atoms with Crippen molar-refractivity contribution >= 4 is 5.97 Å². The Morgan fingerprint density at radius 2 is 2.12 bits per heavy atom. The van der Waals surface area contributed by atoms with E-state index in [1.54, 1.807) is 6.07 Å². The van der Waals surface area contributed by atoms with Gasteiger partial charge in [-0.3, -0.25) is 4.79 Å². The molecule has 1 atom stereocenters. The molecular formula is C12H16FNO2. The van der Waals surface area contributed by atoms with Crippen LogP contribution in [0, 0.1) is 5.82 Å².